The van der Waals surface area contributed by atoms with Crippen LogP contribution in [0, 0.1) is 6.92 Å². The summed E-state index contributed by atoms with van der Waals surface area (Å²) in [6, 6.07) is 8.01. The van der Waals surface area contributed by atoms with Gasteiger partial charge in [0.1, 0.15) is 4.83 Å². The van der Waals surface area contributed by atoms with Gasteiger partial charge in [0.05, 0.1) is 7.11 Å². The number of esters is 1. The summed E-state index contributed by atoms with van der Waals surface area (Å²) in [7, 11) is 1.40. The predicted molar refractivity (Wildman–Crippen MR) is 59.6 cm³/mol. The predicted octanol–water partition coefficient (Wildman–Crippen LogP) is 2.47. The Bertz CT molecular complexity index is 323. The number of rotatable bonds is 3. The molecule has 1 atom stereocenters. The van der Waals surface area contributed by atoms with Gasteiger partial charge in [-0.05, 0) is 24.5 Å². The van der Waals surface area contributed by atoms with Gasteiger partial charge in [-0.15, -0.1) is 0 Å². The molecular formula is C11H13BrO2. The van der Waals surface area contributed by atoms with Gasteiger partial charge < -0.3 is 4.74 Å². The molecule has 0 N–H and O–H groups in total. The van der Waals surface area contributed by atoms with Crippen LogP contribution in [0.2, 0.25) is 0 Å². The van der Waals surface area contributed by atoms with Crippen LogP contribution in [0.1, 0.15) is 11.1 Å². The average molecular weight is 257 g/mol. The van der Waals surface area contributed by atoms with E-state index in [2.05, 4.69) is 20.7 Å². The molecule has 1 unspecified atom stereocenters. The summed E-state index contributed by atoms with van der Waals surface area (Å²) in [4.78, 5) is 10.9. The molecule has 0 radical (unpaired) electrons. The molecule has 3 heteroatoms. The van der Waals surface area contributed by atoms with Crippen molar-refractivity contribution in [1.29, 1.82) is 0 Å². The zero-order chi connectivity index (χ0) is 10.6. The molecule has 2 nitrogen and oxygen atoms in total. The fraction of sp³-hybridized carbons (Fsp3) is 0.364. The second-order valence-electron chi connectivity index (χ2n) is 3.12. The number of hydrogen-bond donors (Lipinski definition) is 0. The van der Waals surface area contributed by atoms with Gasteiger partial charge in [0, 0.05) is 0 Å². The molecule has 0 aliphatic carbocycles. The fourth-order valence-corrected chi connectivity index (χ4v) is 1.78. The van der Waals surface area contributed by atoms with E-state index in [0.717, 1.165) is 0 Å². The standard InChI is InChI=1S/C11H13BrO2/c1-8-5-3-4-6-9(8)7-10(12)11(13)14-2/h3-6,10H,7H2,1-2H3. The van der Waals surface area contributed by atoms with Crippen molar-refractivity contribution in [3.8, 4) is 0 Å². The van der Waals surface area contributed by atoms with E-state index in [4.69, 9.17) is 0 Å². The van der Waals surface area contributed by atoms with Crippen LogP contribution >= 0.6 is 15.9 Å². The highest BCUT2D eigenvalue weighted by atomic mass is 79.9. The zero-order valence-corrected chi connectivity index (χ0v) is 9.87. The Morgan fingerprint density at radius 2 is 2.14 bits per heavy atom. The van der Waals surface area contributed by atoms with Gasteiger partial charge in [-0.25, -0.2) is 0 Å². The number of carbonyl (C=O) groups excluding carboxylic acids is 1. The Morgan fingerprint density at radius 1 is 1.50 bits per heavy atom. The molecule has 1 rings (SSSR count). The zero-order valence-electron chi connectivity index (χ0n) is 8.29. The Kier molecular flexibility index (Phi) is 4.14. The molecule has 0 spiro atoms. The molecule has 0 aromatic heterocycles. The number of hydrogen-bond acceptors (Lipinski definition) is 2. The number of alkyl halides is 1. The van der Waals surface area contributed by atoms with Crippen LogP contribution in [0.25, 0.3) is 0 Å². The van der Waals surface area contributed by atoms with Gasteiger partial charge >= 0.3 is 5.97 Å². The van der Waals surface area contributed by atoms with Crippen LogP contribution in [0.3, 0.4) is 0 Å². The van der Waals surface area contributed by atoms with Crippen molar-refractivity contribution in [1.82, 2.24) is 0 Å². The molecular weight excluding hydrogens is 244 g/mol. The third kappa shape index (κ3) is 2.84. The number of ether oxygens (including phenoxy) is 1. The van der Waals surface area contributed by atoms with Gasteiger partial charge in [0.15, 0.2) is 0 Å². The first kappa shape index (κ1) is 11.2. The molecule has 0 saturated carbocycles. The Labute approximate surface area is 92.4 Å². The monoisotopic (exact) mass is 256 g/mol. The van der Waals surface area contributed by atoms with Crippen molar-refractivity contribution in [3.05, 3.63) is 35.4 Å². The quantitative estimate of drug-likeness (QED) is 0.614. The number of benzene rings is 1. The maximum atomic E-state index is 11.2. The van der Waals surface area contributed by atoms with Crippen LogP contribution < -0.4 is 0 Å². The lowest BCUT2D eigenvalue weighted by molar-refractivity contribution is -0.139. The Balaban J connectivity index is 2.69. The van der Waals surface area contributed by atoms with Crippen molar-refractivity contribution < 1.29 is 9.53 Å². The van der Waals surface area contributed by atoms with Crippen LogP contribution in [0.4, 0.5) is 0 Å². The Morgan fingerprint density at radius 3 is 2.71 bits per heavy atom. The molecule has 14 heavy (non-hydrogen) atoms. The summed E-state index contributed by atoms with van der Waals surface area (Å²) in [5, 5.41) is 0. The molecule has 0 fully saturated rings. The second kappa shape index (κ2) is 5.15. The number of methoxy groups -OCH3 is 1. The average Bonchev–Trinajstić information content (AvgIpc) is 2.20. The Hall–Kier alpha value is -0.830. The van der Waals surface area contributed by atoms with Crippen molar-refractivity contribution in [2.45, 2.75) is 18.2 Å². The molecule has 1 aromatic rings. The second-order valence-corrected chi connectivity index (χ2v) is 4.23. The van der Waals surface area contributed by atoms with E-state index in [1.807, 2.05) is 31.2 Å². The summed E-state index contributed by atoms with van der Waals surface area (Å²) in [6.07, 6.45) is 0.666. The normalized spacial score (nSPS) is 12.2. The number of halogens is 1. The van der Waals surface area contributed by atoms with Crippen LogP contribution in [0.15, 0.2) is 24.3 Å². The highest BCUT2D eigenvalue weighted by molar-refractivity contribution is 9.10. The van der Waals surface area contributed by atoms with Crippen LogP contribution in [-0.4, -0.2) is 17.9 Å². The van der Waals surface area contributed by atoms with Crippen LogP contribution in [-0.2, 0) is 16.0 Å². The summed E-state index contributed by atoms with van der Waals surface area (Å²) in [6.45, 7) is 2.03. The minimum atomic E-state index is -0.256. The smallest absolute Gasteiger partial charge is 0.319 e. The summed E-state index contributed by atoms with van der Waals surface area (Å²) in [5.41, 5.74) is 2.36. The van der Waals surface area contributed by atoms with Gasteiger partial charge in [-0.1, -0.05) is 40.2 Å². The largest absolute Gasteiger partial charge is 0.468 e. The molecule has 76 valence electrons. The molecule has 1 aromatic carbocycles. The molecule has 0 aliphatic heterocycles. The van der Waals surface area contributed by atoms with E-state index in [1.165, 1.54) is 18.2 Å². The van der Waals surface area contributed by atoms with E-state index < -0.39 is 0 Å². The lowest BCUT2D eigenvalue weighted by Crippen LogP contribution is -2.18. The molecule has 0 bridgehead atoms. The lowest BCUT2D eigenvalue weighted by Gasteiger charge is -2.09. The summed E-state index contributed by atoms with van der Waals surface area (Å²) < 4.78 is 4.64. The number of aryl methyl sites for hydroxylation is 1. The summed E-state index contributed by atoms with van der Waals surface area (Å²) in [5.74, 6) is -0.228. The van der Waals surface area contributed by atoms with Crippen molar-refractivity contribution >= 4 is 21.9 Å². The third-order valence-corrected chi connectivity index (χ3v) is 2.81. The van der Waals surface area contributed by atoms with E-state index in [9.17, 15) is 4.79 Å². The first-order valence-corrected chi connectivity index (χ1v) is 5.33. The SMILES string of the molecule is COC(=O)C(Br)Cc1ccccc1C. The topological polar surface area (TPSA) is 26.3 Å². The van der Waals surface area contributed by atoms with Gasteiger partial charge in [-0.2, -0.15) is 0 Å². The summed E-state index contributed by atoms with van der Waals surface area (Å²) >= 11 is 3.30. The van der Waals surface area contributed by atoms with E-state index in [0.29, 0.717) is 6.42 Å². The van der Waals surface area contributed by atoms with Crippen molar-refractivity contribution in [2.24, 2.45) is 0 Å². The minimum absolute atomic E-state index is 0.228. The van der Waals surface area contributed by atoms with E-state index in [1.54, 1.807) is 0 Å². The van der Waals surface area contributed by atoms with Gasteiger partial charge in [-0.3, -0.25) is 4.79 Å². The molecule has 0 aliphatic rings. The minimum Gasteiger partial charge on any atom is -0.468 e. The fourth-order valence-electron chi connectivity index (χ4n) is 1.24. The third-order valence-electron chi connectivity index (χ3n) is 2.12. The first-order chi connectivity index (χ1) is 6.65. The maximum Gasteiger partial charge on any atom is 0.319 e. The van der Waals surface area contributed by atoms with Crippen molar-refractivity contribution in [2.75, 3.05) is 7.11 Å². The first-order valence-electron chi connectivity index (χ1n) is 4.41. The maximum absolute atomic E-state index is 11.2. The van der Waals surface area contributed by atoms with Crippen molar-refractivity contribution in [3.63, 3.8) is 0 Å². The van der Waals surface area contributed by atoms with E-state index >= 15 is 0 Å². The van der Waals surface area contributed by atoms with E-state index in [-0.39, 0.29) is 10.8 Å². The van der Waals surface area contributed by atoms with Crippen LogP contribution in [0.5, 0.6) is 0 Å². The molecule has 0 saturated heterocycles. The number of carbonyl (C=O) groups is 1. The lowest BCUT2D eigenvalue weighted by atomic mass is 10.0. The highest BCUT2D eigenvalue weighted by Gasteiger charge is 2.16. The molecule has 0 amide bonds. The highest BCUT2D eigenvalue weighted by Crippen LogP contribution is 2.14. The molecule has 0 heterocycles. The van der Waals surface area contributed by atoms with Gasteiger partial charge in [0.25, 0.3) is 0 Å². The van der Waals surface area contributed by atoms with Gasteiger partial charge in [0.2, 0.25) is 0 Å².